The van der Waals surface area contributed by atoms with Gasteiger partial charge in [0.2, 0.25) is 5.91 Å². The van der Waals surface area contributed by atoms with Gasteiger partial charge >= 0.3 is 0 Å². The normalized spacial score (nSPS) is 18.3. The van der Waals surface area contributed by atoms with Gasteiger partial charge in [-0.15, -0.1) is 0 Å². The quantitative estimate of drug-likeness (QED) is 0.838. The molecule has 4 rings (SSSR count). The van der Waals surface area contributed by atoms with Crippen molar-refractivity contribution in [1.29, 1.82) is 0 Å². The number of nitrogens with zero attached hydrogens (tertiary/aromatic N) is 4. The maximum atomic E-state index is 12.9. The second-order valence-corrected chi connectivity index (χ2v) is 7.17. The zero-order valence-corrected chi connectivity index (χ0v) is 15.6. The van der Waals surface area contributed by atoms with Gasteiger partial charge in [-0.3, -0.25) is 9.69 Å². The van der Waals surface area contributed by atoms with Crippen LogP contribution in [0.15, 0.2) is 66.4 Å². The number of aromatic nitrogens is 1. The Morgan fingerprint density at radius 3 is 2.37 bits per heavy atom. The monoisotopic (exact) mass is 362 g/mol. The Labute approximate surface area is 160 Å². The van der Waals surface area contributed by atoms with E-state index >= 15 is 0 Å². The van der Waals surface area contributed by atoms with E-state index in [1.165, 1.54) is 5.56 Å². The van der Waals surface area contributed by atoms with Crippen LogP contribution in [0, 0.1) is 0 Å². The predicted molar refractivity (Wildman–Crippen MR) is 107 cm³/mol. The highest BCUT2D eigenvalue weighted by atomic mass is 16.2. The van der Waals surface area contributed by atoms with Crippen LogP contribution in [-0.4, -0.2) is 60.0 Å². The van der Waals surface area contributed by atoms with Crippen LogP contribution >= 0.6 is 0 Å². The molecular weight excluding hydrogens is 336 g/mol. The number of rotatable bonds is 4. The maximum absolute atomic E-state index is 12.9. The van der Waals surface area contributed by atoms with E-state index in [0.29, 0.717) is 0 Å². The van der Waals surface area contributed by atoms with Gasteiger partial charge in [0.25, 0.3) is 0 Å². The third kappa shape index (κ3) is 4.37. The smallest absolute Gasteiger partial charge is 0.249 e. The van der Waals surface area contributed by atoms with Gasteiger partial charge < -0.3 is 9.80 Å². The fourth-order valence-electron chi connectivity index (χ4n) is 3.77. The lowest BCUT2D eigenvalue weighted by Gasteiger charge is -2.36. The number of pyridine rings is 1. The average molecular weight is 362 g/mol. The van der Waals surface area contributed by atoms with Crippen molar-refractivity contribution in [2.75, 3.05) is 44.2 Å². The fraction of sp³-hybridized carbons (Fsp3) is 0.364. The van der Waals surface area contributed by atoms with E-state index in [4.69, 9.17) is 0 Å². The second-order valence-electron chi connectivity index (χ2n) is 7.17. The molecule has 0 N–H and O–H groups in total. The summed E-state index contributed by atoms with van der Waals surface area (Å²) in [6.45, 7) is 5.96. The van der Waals surface area contributed by atoms with Crippen LogP contribution in [-0.2, 0) is 11.3 Å². The third-order valence-corrected chi connectivity index (χ3v) is 5.36. The van der Waals surface area contributed by atoms with Crippen molar-refractivity contribution in [2.45, 2.75) is 13.0 Å². The van der Waals surface area contributed by atoms with Gasteiger partial charge in [0.1, 0.15) is 5.82 Å². The molecule has 2 aliphatic rings. The first-order chi connectivity index (χ1) is 13.3. The summed E-state index contributed by atoms with van der Waals surface area (Å²) in [6, 6.07) is 16.5. The molecule has 5 nitrogen and oxygen atoms in total. The van der Waals surface area contributed by atoms with Crippen LogP contribution in [0.3, 0.4) is 0 Å². The molecule has 2 aromatic rings. The minimum Gasteiger partial charge on any atom is -0.353 e. The Morgan fingerprint density at radius 2 is 1.70 bits per heavy atom. The molecular formula is C22H26N4O. The molecule has 0 bridgehead atoms. The Morgan fingerprint density at radius 1 is 0.926 bits per heavy atom. The molecule has 0 unspecified atom stereocenters. The Hall–Kier alpha value is -2.66. The molecule has 2 aliphatic heterocycles. The first-order valence-corrected chi connectivity index (χ1v) is 9.70. The van der Waals surface area contributed by atoms with E-state index in [2.05, 4.69) is 45.1 Å². The zero-order valence-electron chi connectivity index (χ0n) is 15.6. The molecule has 0 spiro atoms. The van der Waals surface area contributed by atoms with E-state index in [1.54, 1.807) is 0 Å². The molecule has 3 heterocycles. The average Bonchev–Trinajstić information content (AvgIpc) is 2.75. The highest BCUT2D eigenvalue weighted by Gasteiger charge is 2.25. The van der Waals surface area contributed by atoms with Crippen LogP contribution in [0.1, 0.15) is 12.0 Å². The van der Waals surface area contributed by atoms with Crippen molar-refractivity contribution >= 4 is 11.7 Å². The van der Waals surface area contributed by atoms with E-state index < -0.39 is 0 Å². The summed E-state index contributed by atoms with van der Waals surface area (Å²) in [6.07, 6.45) is 4.78. The summed E-state index contributed by atoms with van der Waals surface area (Å²) in [5.74, 6) is 1.22. The third-order valence-electron chi connectivity index (χ3n) is 5.36. The molecule has 27 heavy (non-hydrogen) atoms. The lowest BCUT2D eigenvalue weighted by Crippen LogP contribution is -2.49. The molecule has 1 fully saturated rings. The van der Waals surface area contributed by atoms with Crippen LogP contribution in [0.4, 0.5) is 5.82 Å². The fourth-order valence-corrected chi connectivity index (χ4v) is 3.77. The minimum atomic E-state index is 0.218. The van der Waals surface area contributed by atoms with Gasteiger partial charge in [0.05, 0.1) is 0 Å². The van der Waals surface area contributed by atoms with E-state index in [1.807, 2.05) is 35.4 Å². The number of anilines is 1. The summed E-state index contributed by atoms with van der Waals surface area (Å²) in [7, 11) is 0. The minimum absolute atomic E-state index is 0.218. The number of carbonyl (C=O) groups excluding carboxylic acids is 1. The Bertz CT molecular complexity index is 782. The first kappa shape index (κ1) is 17.7. The van der Waals surface area contributed by atoms with Gasteiger partial charge in [-0.2, -0.15) is 0 Å². The summed E-state index contributed by atoms with van der Waals surface area (Å²) >= 11 is 0. The van der Waals surface area contributed by atoms with Gasteiger partial charge in [0, 0.05) is 57.6 Å². The number of hydrogen-bond acceptors (Lipinski definition) is 4. The number of piperazine rings is 1. The van der Waals surface area contributed by atoms with Crippen molar-refractivity contribution in [3.05, 3.63) is 71.9 Å². The number of carbonyl (C=O) groups is 1. The van der Waals surface area contributed by atoms with Crippen LogP contribution in [0.2, 0.25) is 0 Å². The van der Waals surface area contributed by atoms with Crippen LogP contribution in [0.5, 0.6) is 0 Å². The molecule has 1 aromatic heterocycles. The molecule has 5 heteroatoms. The van der Waals surface area contributed by atoms with Gasteiger partial charge in [0.15, 0.2) is 0 Å². The van der Waals surface area contributed by atoms with E-state index in [9.17, 15) is 4.79 Å². The van der Waals surface area contributed by atoms with Gasteiger partial charge in [-0.1, -0.05) is 42.5 Å². The summed E-state index contributed by atoms with van der Waals surface area (Å²) in [5, 5.41) is 0. The second kappa shape index (κ2) is 8.35. The summed E-state index contributed by atoms with van der Waals surface area (Å²) in [5.41, 5.74) is 2.30. The number of amides is 1. The van der Waals surface area contributed by atoms with Crippen molar-refractivity contribution in [1.82, 2.24) is 14.8 Å². The summed E-state index contributed by atoms with van der Waals surface area (Å²) in [4.78, 5) is 23.9. The van der Waals surface area contributed by atoms with Crippen molar-refractivity contribution in [3.63, 3.8) is 0 Å². The number of hydrogen-bond donors (Lipinski definition) is 0. The molecule has 0 atom stereocenters. The van der Waals surface area contributed by atoms with Crippen LogP contribution < -0.4 is 4.90 Å². The van der Waals surface area contributed by atoms with Crippen LogP contribution in [0.25, 0.3) is 0 Å². The highest BCUT2D eigenvalue weighted by molar-refractivity contribution is 5.93. The first-order valence-electron chi connectivity index (χ1n) is 9.70. The van der Waals surface area contributed by atoms with Crippen molar-refractivity contribution in [3.8, 4) is 0 Å². The maximum Gasteiger partial charge on any atom is 0.249 e. The Balaban J connectivity index is 1.29. The lowest BCUT2D eigenvalue weighted by atomic mass is 10.1. The Kier molecular flexibility index (Phi) is 5.49. The van der Waals surface area contributed by atoms with E-state index in [0.717, 1.165) is 63.6 Å². The predicted octanol–water partition coefficient (Wildman–Crippen LogP) is 2.56. The van der Waals surface area contributed by atoms with Crippen molar-refractivity contribution < 1.29 is 4.79 Å². The molecule has 0 aliphatic carbocycles. The standard InChI is InChI=1S/C22H26N4O/c27-22(26-16-14-25(15-17-26)21-8-4-5-11-23-21)20-9-12-24(13-10-20)18-19-6-2-1-3-7-19/h1-9,11H,10,12-18H2. The largest absolute Gasteiger partial charge is 0.353 e. The van der Waals surface area contributed by atoms with Crippen molar-refractivity contribution in [2.24, 2.45) is 0 Å². The molecule has 0 saturated carbocycles. The molecule has 140 valence electrons. The summed E-state index contributed by atoms with van der Waals surface area (Å²) < 4.78 is 0. The molecule has 1 aromatic carbocycles. The SMILES string of the molecule is O=C(C1=CCN(Cc2ccccc2)CC1)N1CCN(c2ccccn2)CC1. The molecule has 0 radical (unpaired) electrons. The molecule has 1 saturated heterocycles. The van der Waals surface area contributed by atoms with Gasteiger partial charge in [-0.25, -0.2) is 4.98 Å². The lowest BCUT2D eigenvalue weighted by molar-refractivity contribution is -0.127. The highest BCUT2D eigenvalue weighted by Crippen LogP contribution is 2.18. The molecule has 1 amide bonds. The topological polar surface area (TPSA) is 39.7 Å². The van der Waals surface area contributed by atoms with Gasteiger partial charge in [-0.05, 0) is 24.1 Å². The zero-order chi connectivity index (χ0) is 18.5. The van der Waals surface area contributed by atoms with E-state index in [-0.39, 0.29) is 5.91 Å². The number of benzene rings is 1.